The molecule has 0 saturated carbocycles. The molecule has 1 amide bonds. The minimum Gasteiger partial charge on any atom is -0.322 e. The molecule has 3 rings (SSSR count). The summed E-state index contributed by atoms with van der Waals surface area (Å²) in [6.45, 7) is 1.98. The fraction of sp³-hybridized carbons (Fsp3) is 0.0952. The van der Waals surface area contributed by atoms with Crippen LogP contribution in [0.2, 0.25) is 0 Å². The zero-order valence-electron chi connectivity index (χ0n) is 15.1. The molecule has 2 N–H and O–H groups in total. The Morgan fingerprint density at radius 1 is 0.929 bits per heavy atom. The normalized spacial score (nSPS) is 11.1. The minimum absolute atomic E-state index is 0.132. The number of rotatable bonds is 6. The summed E-state index contributed by atoms with van der Waals surface area (Å²) in [6.07, 6.45) is 0.747. The first-order valence-electron chi connectivity index (χ1n) is 8.67. The quantitative estimate of drug-likeness (QED) is 0.645. The third-order valence-electron chi connectivity index (χ3n) is 4.17. The summed E-state index contributed by atoms with van der Waals surface area (Å²) in [5, 5.41) is 2.80. The van der Waals surface area contributed by atoms with Gasteiger partial charge >= 0.3 is 0 Å². The number of aryl methyl sites for hydroxylation is 1. The molecule has 0 bridgehead atoms. The molecular weight excluding hydrogens is 379 g/mol. The van der Waals surface area contributed by atoms with Crippen molar-refractivity contribution in [2.75, 3.05) is 10.0 Å². The van der Waals surface area contributed by atoms with Crippen molar-refractivity contribution in [1.82, 2.24) is 0 Å². The van der Waals surface area contributed by atoms with Crippen molar-refractivity contribution in [3.8, 4) is 0 Å². The molecule has 0 aliphatic rings. The predicted molar refractivity (Wildman–Crippen MR) is 107 cm³/mol. The fourth-order valence-electron chi connectivity index (χ4n) is 2.70. The summed E-state index contributed by atoms with van der Waals surface area (Å²) in [5.41, 5.74) is 1.67. The molecule has 0 heterocycles. The van der Waals surface area contributed by atoms with Gasteiger partial charge in [0, 0.05) is 11.3 Å². The van der Waals surface area contributed by atoms with Crippen molar-refractivity contribution in [3.05, 3.63) is 89.7 Å². The minimum atomic E-state index is -4.05. The van der Waals surface area contributed by atoms with Gasteiger partial charge in [-0.15, -0.1) is 0 Å². The van der Waals surface area contributed by atoms with E-state index in [2.05, 4.69) is 10.0 Å². The van der Waals surface area contributed by atoms with Crippen LogP contribution in [0, 0.1) is 5.82 Å². The summed E-state index contributed by atoms with van der Waals surface area (Å²) in [7, 11) is -4.05. The van der Waals surface area contributed by atoms with E-state index in [1.165, 1.54) is 42.5 Å². The first-order valence-corrected chi connectivity index (χ1v) is 10.2. The van der Waals surface area contributed by atoms with Gasteiger partial charge in [0.05, 0.1) is 10.6 Å². The van der Waals surface area contributed by atoms with Gasteiger partial charge in [-0.3, -0.25) is 9.52 Å². The average molecular weight is 398 g/mol. The second-order valence-corrected chi connectivity index (χ2v) is 7.76. The van der Waals surface area contributed by atoms with Crippen LogP contribution in [0.25, 0.3) is 0 Å². The van der Waals surface area contributed by atoms with Crippen LogP contribution in [0.5, 0.6) is 0 Å². The highest BCUT2D eigenvalue weighted by atomic mass is 32.2. The molecule has 3 aromatic carbocycles. The summed E-state index contributed by atoms with van der Waals surface area (Å²) in [5.74, 6) is -1.11. The van der Waals surface area contributed by atoms with Crippen LogP contribution in [0.15, 0.2) is 77.7 Å². The number of carbonyl (C=O) groups is 1. The Labute approximate surface area is 163 Å². The Balaban J connectivity index is 1.85. The van der Waals surface area contributed by atoms with Gasteiger partial charge in [-0.05, 0) is 48.4 Å². The molecule has 0 spiro atoms. The average Bonchev–Trinajstić information content (AvgIpc) is 2.70. The Kier molecular flexibility index (Phi) is 5.75. The largest absolute Gasteiger partial charge is 0.322 e. The van der Waals surface area contributed by atoms with E-state index in [1.54, 1.807) is 6.07 Å². The van der Waals surface area contributed by atoms with Crippen LogP contribution in [-0.2, 0) is 16.4 Å². The molecule has 0 aliphatic carbocycles. The number of hydrogen-bond donors (Lipinski definition) is 2. The maximum absolute atomic E-state index is 13.8. The lowest BCUT2D eigenvalue weighted by atomic mass is 10.1. The van der Waals surface area contributed by atoms with Crippen LogP contribution < -0.4 is 10.0 Å². The van der Waals surface area contributed by atoms with E-state index >= 15 is 0 Å². The van der Waals surface area contributed by atoms with Crippen molar-refractivity contribution in [3.63, 3.8) is 0 Å². The van der Waals surface area contributed by atoms with Gasteiger partial charge < -0.3 is 5.32 Å². The summed E-state index contributed by atoms with van der Waals surface area (Å²) in [4.78, 5) is 12.5. The number of benzene rings is 3. The number of carbonyl (C=O) groups excluding carboxylic acids is 1. The number of hydrogen-bond acceptors (Lipinski definition) is 3. The highest BCUT2D eigenvalue weighted by molar-refractivity contribution is 7.92. The standard InChI is InChI=1S/C21H19FN2O3S/c1-2-15-8-3-5-12-19(15)23-21(25)16-9-7-10-17(14-16)28(26,27)24-20-13-6-4-11-18(20)22/h3-14,24H,2H2,1H3,(H,23,25). The molecule has 0 unspecified atom stereocenters. The molecule has 0 aromatic heterocycles. The maximum atomic E-state index is 13.8. The Hall–Kier alpha value is -3.19. The number of sulfonamides is 1. The van der Waals surface area contributed by atoms with Gasteiger partial charge in [0.25, 0.3) is 15.9 Å². The molecule has 0 atom stereocenters. The number of amides is 1. The van der Waals surface area contributed by atoms with E-state index < -0.39 is 21.7 Å². The molecule has 0 aliphatic heterocycles. The summed E-state index contributed by atoms with van der Waals surface area (Å²) in [6, 6.07) is 18.5. The first kappa shape index (κ1) is 19.6. The molecule has 5 nitrogen and oxygen atoms in total. The third-order valence-corrected chi connectivity index (χ3v) is 5.53. The number of halogens is 1. The van der Waals surface area contributed by atoms with Crippen LogP contribution in [-0.4, -0.2) is 14.3 Å². The molecule has 28 heavy (non-hydrogen) atoms. The van der Waals surface area contributed by atoms with E-state index in [-0.39, 0.29) is 16.1 Å². The molecule has 3 aromatic rings. The Bertz CT molecular complexity index is 1110. The second kappa shape index (κ2) is 8.22. The lowest BCUT2D eigenvalue weighted by Crippen LogP contribution is -2.17. The van der Waals surface area contributed by atoms with Crippen LogP contribution in [0.4, 0.5) is 15.8 Å². The smallest absolute Gasteiger partial charge is 0.262 e. The summed E-state index contributed by atoms with van der Waals surface area (Å²) >= 11 is 0. The van der Waals surface area contributed by atoms with Crippen molar-refractivity contribution in [2.45, 2.75) is 18.2 Å². The number of nitrogens with one attached hydrogen (secondary N) is 2. The van der Waals surface area contributed by atoms with Crippen LogP contribution >= 0.6 is 0 Å². The monoisotopic (exact) mass is 398 g/mol. The molecule has 144 valence electrons. The van der Waals surface area contributed by atoms with E-state index in [0.717, 1.165) is 18.1 Å². The highest BCUT2D eigenvalue weighted by Crippen LogP contribution is 2.21. The number of anilines is 2. The SMILES string of the molecule is CCc1ccccc1NC(=O)c1cccc(S(=O)(=O)Nc2ccccc2F)c1. The van der Waals surface area contributed by atoms with Crippen molar-refractivity contribution in [1.29, 1.82) is 0 Å². The second-order valence-electron chi connectivity index (χ2n) is 6.08. The van der Waals surface area contributed by atoms with E-state index in [1.807, 2.05) is 25.1 Å². The lowest BCUT2D eigenvalue weighted by molar-refractivity contribution is 0.102. The van der Waals surface area contributed by atoms with Gasteiger partial charge in [-0.25, -0.2) is 12.8 Å². The van der Waals surface area contributed by atoms with Gasteiger partial charge in [0.15, 0.2) is 0 Å². The Morgan fingerprint density at radius 2 is 1.61 bits per heavy atom. The fourth-order valence-corrected chi connectivity index (χ4v) is 3.81. The Morgan fingerprint density at radius 3 is 2.32 bits per heavy atom. The van der Waals surface area contributed by atoms with Crippen LogP contribution in [0.3, 0.4) is 0 Å². The first-order chi connectivity index (χ1) is 13.4. The maximum Gasteiger partial charge on any atom is 0.262 e. The molecule has 7 heteroatoms. The van der Waals surface area contributed by atoms with E-state index in [4.69, 9.17) is 0 Å². The zero-order chi connectivity index (χ0) is 20.1. The third kappa shape index (κ3) is 4.37. The molecule has 0 saturated heterocycles. The topological polar surface area (TPSA) is 75.3 Å². The molecule has 0 fully saturated rings. The van der Waals surface area contributed by atoms with Crippen molar-refractivity contribution < 1.29 is 17.6 Å². The number of para-hydroxylation sites is 2. The van der Waals surface area contributed by atoms with Gasteiger partial charge in [-0.2, -0.15) is 0 Å². The van der Waals surface area contributed by atoms with E-state index in [9.17, 15) is 17.6 Å². The van der Waals surface area contributed by atoms with Crippen molar-refractivity contribution >= 4 is 27.3 Å². The predicted octanol–water partition coefficient (Wildman–Crippen LogP) is 4.44. The zero-order valence-corrected chi connectivity index (χ0v) is 16.0. The molecular formula is C21H19FN2O3S. The van der Waals surface area contributed by atoms with E-state index in [0.29, 0.717) is 5.69 Å². The van der Waals surface area contributed by atoms with Crippen LogP contribution in [0.1, 0.15) is 22.8 Å². The van der Waals surface area contributed by atoms with Gasteiger partial charge in [0.1, 0.15) is 5.82 Å². The summed E-state index contributed by atoms with van der Waals surface area (Å²) < 4.78 is 41.1. The van der Waals surface area contributed by atoms with Gasteiger partial charge in [-0.1, -0.05) is 43.3 Å². The van der Waals surface area contributed by atoms with Gasteiger partial charge in [0.2, 0.25) is 0 Å². The highest BCUT2D eigenvalue weighted by Gasteiger charge is 2.18. The lowest BCUT2D eigenvalue weighted by Gasteiger charge is -2.12. The molecule has 0 radical (unpaired) electrons. The van der Waals surface area contributed by atoms with Crippen molar-refractivity contribution in [2.24, 2.45) is 0 Å².